The van der Waals surface area contributed by atoms with E-state index in [1.165, 1.54) is 11.8 Å². The quantitative estimate of drug-likeness (QED) is 0.410. The molecule has 0 aliphatic heterocycles. The van der Waals surface area contributed by atoms with Crippen LogP contribution in [0.25, 0.3) is 0 Å². The molecule has 1 aromatic heterocycles. The Balaban J connectivity index is 0.000000989. The molecule has 0 amide bonds. The molecule has 3 rings (SSSR count). The Kier molecular flexibility index (Phi) is 10.9. The molecule has 0 bridgehead atoms. The highest BCUT2D eigenvalue weighted by molar-refractivity contribution is 5.77. The maximum atomic E-state index is 13.9. The Hall–Kier alpha value is -3.61. The van der Waals surface area contributed by atoms with Crippen LogP contribution in [0.1, 0.15) is 24.1 Å². The van der Waals surface area contributed by atoms with Gasteiger partial charge in [-0.25, -0.2) is 0 Å². The lowest BCUT2D eigenvalue weighted by atomic mass is 10.1. The summed E-state index contributed by atoms with van der Waals surface area (Å²) in [5, 5.41) is 4.09. The molecule has 0 radical (unpaired) electrons. The van der Waals surface area contributed by atoms with Crippen LogP contribution in [0.5, 0.6) is 5.75 Å². The molecular formula is C22H24FN3O3. The highest BCUT2D eigenvalue weighted by Crippen LogP contribution is 2.16. The number of rotatable bonds is 6. The number of carbonyl (C=O) groups excluding carboxylic acids is 2. The molecule has 0 spiro atoms. The molecule has 0 saturated carbocycles. The average Bonchev–Trinajstić information content (AvgIpc) is 2.80. The molecule has 1 aliphatic carbocycles. The van der Waals surface area contributed by atoms with Gasteiger partial charge in [0.2, 0.25) is 0 Å². The Morgan fingerprint density at radius 3 is 2.45 bits per heavy atom. The number of halogens is 1. The Bertz CT molecular complexity index is 816. The maximum absolute atomic E-state index is 13.9. The molecule has 0 fully saturated rings. The van der Waals surface area contributed by atoms with E-state index < -0.39 is 0 Å². The molecule has 1 aliphatic rings. The van der Waals surface area contributed by atoms with Crippen LogP contribution in [-0.4, -0.2) is 31.4 Å². The zero-order valence-corrected chi connectivity index (χ0v) is 16.3. The minimum absolute atomic E-state index is 0.327. The van der Waals surface area contributed by atoms with Gasteiger partial charge in [0, 0.05) is 0 Å². The summed E-state index contributed by atoms with van der Waals surface area (Å²) < 4.78 is 19.6. The number of aromatic nitrogens is 1. The van der Waals surface area contributed by atoms with Crippen molar-refractivity contribution in [3.05, 3.63) is 77.7 Å². The zero-order chi connectivity index (χ0) is 21.5. The number of hydrazone groups is 1. The molecular weight excluding hydrogens is 373 g/mol. The zero-order valence-electron chi connectivity index (χ0n) is 16.3. The number of ether oxygens (including phenoxy) is 1. The third-order valence-electron chi connectivity index (χ3n) is 3.77. The lowest BCUT2D eigenvalue weighted by molar-refractivity contribution is -0.0987. The van der Waals surface area contributed by atoms with Crippen molar-refractivity contribution in [2.24, 2.45) is 5.10 Å². The predicted molar refractivity (Wildman–Crippen MR) is 113 cm³/mol. The van der Waals surface area contributed by atoms with Gasteiger partial charge in [0.25, 0.3) is 0 Å². The van der Waals surface area contributed by atoms with Crippen molar-refractivity contribution >= 4 is 25.5 Å². The lowest BCUT2D eigenvalue weighted by Gasteiger charge is -2.09. The Morgan fingerprint density at radius 2 is 1.86 bits per heavy atom. The molecule has 29 heavy (non-hydrogen) atoms. The third kappa shape index (κ3) is 8.30. The van der Waals surface area contributed by atoms with Crippen LogP contribution in [-0.2, 0) is 9.59 Å². The summed E-state index contributed by atoms with van der Waals surface area (Å²) >= 11 is 0. The number of nitrogens with zero attached hydrogens (tertiary/aromatic N) is 3. The molecule has 1 aromatic carbocycles. The molecule has 152 valence electrons. The maximum Gasteiger partial charge on any atom is 0.138 e. The SMILES string of the molecule is C=O.C=O.Cc1ccc(N(F)/N=C\c2ccc(OCC3=CCCC=C3)cn2)cc1. The van der Waals surface area contributed by atoms with Gasteiger partial charge in [0.15, 0.2) is 0 Å². The highest BCUT2D eigenvalue weighted by Gasteiger charge is 2.03. The first-order valence-corrected chi connectivity index (χ1v) is 8.79. The van der Waals surface area contributed by atoms with Crippen LogP contribution in [0.15, 0.2) is 71.5 Å². The summed E-state index contributed by atoms with van der Waals surface area (Å²) in [4.78, 5) is 20.2. The number of carbonyl (C=O) groups is 2. The number of anilines is 1. The van der Waals surface area contributed by atoms with Crippen LogP contribution < -0.4 is 9.97 Å². The molecule has 0 saturated heterocycles. The van der Waals surface area contributed by atoms with Crippen molar-refractivity contribution in [3.8, 4) is 5.75 Å². The normalized spacial score (nSPS) is 12.1. The van der Waals surface area contributed by atoms with Gasteiger partial charge in [0.1, 0.15) is 25.9 Å². The second kappa shape index (κ2) is 13.5. The van der Waals surface area contributed by atoms with E-state index in [1.807, 2.05) is 32.6 Å². The number of benzene rings is 1. The third-order valence-corrected chi connectivity index (χ3v) is 3.77. The van der Waals surface area contributed by atoms with E-state index in [9.17, 15) is 4.48 Å². The number of allylic oxidation sites excluding steroid dienone is 2. The van der Waals surface area contributed by atoms with Gasteiger partial charge in [-0.3, -0.25) is 4.98 Å². The fraction of sp³-hybridized carbons (Fsp3) is 0.182. The number of aryl methyl sites for hydroxylation is 1. The second-order valence-electron chi connectivity index (χ2n) is 5.81. The standard InChI is InChI=1S/C20H20FN3O.2CH2O/c1-16-7-10-19(11-8-16)24(21)23-13-18-9-12-20(14-22-18)25-15-17-5-3-2-4-6-17;2*1-2/h3,5-14H,2,4,15H2,1H3;2*1H2/b23-13-;;. The van der Waals surface area contributed by atoms with E-state index in [0.29, 0.717) is 29.0 Å². The molecule has 2 aromatic rings. The van der Waals surface area contributed by atoms with Gasteiger partial charge in [-0.15, -0.1) is 5.10 Å². The van der Waals surface area contributed by atoms with Crippen LogP contribution in [0.4, 0.5) is 10.2 Å². The van der Waals surface area contributed by atoms with E-state index >= 15 is 0 Å². The summed E-state index contributed by atoms with van der Waals surface area (Å²) in [6.07, 6.45) is 11.5. The fourth-order valence-electron chi connectivity index (χ4n) is 2.34. The second-order valence-corrected chi connectivity index (χ2v) is 5.81. The van der Waals surface area contributed by atoms with Crippen molar-refractivity contribution in [2.45, 2.75) is 19.8 Å². The van der Waals surface area contributed by atoms with Crippen LogP contribution in [0.3, 0.4) is 0 Å². The van der Waals surface area contributed by atoms with Crippen molar-refractivity contribution in [2.75, 3.05) is 11.8 Å². The molecule has 1 heterocycles. The van der Waals surface area contributed by atoms with E-state index in [2.05, 4.69) is 28.3 Å². The first kappa shape index (κ1) is 23.4. The first-order valence-electron chi connectivity index (χ1n) is 8.79. The Labute approximate surface area is 170 Å². The van der Waals surface area contributed by atoms with E-state index in [1.54, 1.807) is 30.5 Å². The van der Waals surface area contributed by atoms with Crippen molar-refractivity contribution in [3.63, 3.8) is 0 Å². The smallest absolute Gasteiger partial charge is 0.138 e. The van der Waals surface area contributed by atoms with E-state index in [0.717, 1.165) is 18.4 Å². The summed E-state index contributed by atoms with van der Waals surface area (Å²) in [5.41, 5.74) is 3.16. The van der Waals surface area contributed by atoms with Gasteiger partial charge in [-0.1, -0.05) is 45.6 Å². The number of hydrogen-bond donors (Lipinski definition) is 0. The highest BCUT2D eigenvalue weighted by atomic mass is 19.2. The summed E-state index contributed by atoms with van der Waals surface area (Å²) in [5.74, 6) is 0.674. The van der Waals surface area contributed by atoms with Gasteiger partial charge in [0.05, 0.1) is 23.8 Å². The van der Waals surface area contributed by atoms with Crippen LogP contribution in [0, 0.1) is 6.92 Å². The van der Waals surface area contributed by atoms with Gasteiger partial charge in [-0.05, 0) is 49.6 Å². The Morgan fingerprint density at radius 1 is 1.14 bits per heavy atom. The lowest BCUT2D eigenvalue weighted by Crippen LogP contribution is -2.04. The van der Waals surface area contributed by atoms with Crippen LogP contribution >= 0.6 is 0 Å². The summed E-state index contributed by atoms with van der Waals surface area (Å²) in [6.45, 7) is 6.47. The molecule has 0 N–H and O–H groups in total. The topological polar surface area (TPSA) is 71.9 Å². The minimum Gasteiger partial charge on any atom is -0.487 e. The monoisotopic (exact) mass is 397 g/mol. The predicted octanol–water partition coefficient (Wildman–Crippen LogP) is 4.40. The molecule has 0 atom stereocenters. The molecule has 7 heteroatoms. The number of hydrogen-bond acceptors (Lipinski definition) is 6. The van der Waals surface area contributed by atoms with Crippen molar-refractivity contribution in [1.82, 2.24) is 4.98 Å². The van der Waals surface area contributed by atoms with Gasteiger partial charge < -0.3 is 14.3 Å². The first-order chi connectivity index (χ1) is 14.2. The van der Waals surface area contributed by atoms with Crippen molar-refractivity contribution < 1.29 is 18.8 Å². The van der Waals surface area contributed by atoms with Crippen molar-refractivity contribution in [1.29, 1.82) is 0 Å². The fourth-order valence-corrected chi connectivity index (χ4v) is 2.34. The minimum atomic E-state index is 0.327. The van der Waals surface area contributed by atoms with E-state index in [4.69, 9.17) is 14.3 Å². The largest absolute Gasteiger partial charge is 0.487 e. The number of pyridine rings is 1. The summed E-state index contributed by atoms with van der Waals surface area (Å²) in [6, 6.07) is 10.6. The van der Waals surface area contributed by atoms with Gasteiger partial charge in [-0.2, -0.15) is 0 Å². The van der Waals surface area contributed by atoms with Crippen LogP contribution in [0.2, 0.25) is 0 Å². The molecule has 6 nitrogen and oxygen atoms in total. The average molecular weight is 397 g/mol. The molecule has 0 unspecified atom stereocenters. The van der Waals surface area contributed by atoms with Gasteiger partial charge >= 0.3 is 0 Å². The summed E-state index contributed by atoms with van der Waals surface area (Å²) in [7, 11) is 0. The van der Waals surface area contributed by atoms with E-state index in [-0.39, 0.29) is 0 Å².